The predicted octanol–water partition coefficient (Wildman–Crippen LogP) is 16.9. The summed E-state index contributed by atoms with van der Waals surface area (Å²) >= 11 is 0. The van der Waals surface area contributed by atoms with E-state index in [0.717, 1.165) is 109 Å². The van der Waals surface area contributed by atoms with E-state index in [1.807, 2.05) is 0 Å². The van der Waals surface area contributed by atoms with Crippen LogP contribution in [-0.2, 0) is 65.4 Å². The van der Waals surface area contributed by atoms with Gasteiger partial charge in [-0.05, 0) is 37.5 Å². The summed E-state index contributed by atoms with van der Waals surface area (Å²) in [5.74, 6) is -0.770. The fourth-order valence-electron chi connectivity index (χ4n) is 9.18. The van der Waals surface area contributed by atoms with Crippen LogP contribution in [0.25, 0.3) is 0 Å². The molecule has 0 aromatic heterocycles. The zero-order chi connectivity index (χ0) is 60.1. The minimum atomic E-state index is -4.94. The molecular formula is C62H120O17P2. The van der Waals surface area contributed by atoms with Crippen LogP contribution in [-0.4, -0.2) is 96.7 Å². The Morgan fingerprint density at radius 1 is 0.333 bits per heavy atom. The van der Waals surface area contributed by atoms with E-state index in [-0.39, 0.29) is 25.7 Å². The van der Waals surface area contributed by atoms with Gasteiger partial charge in [-0.2, -0.15) is 0 Å². The van der Waals surface area contributed by atoms with Crippen molar-refractivity contribution in [2.75, 3.05) is 39.6 Å². The Morgan fingerprint density at radius 2 is 0.568 bits per heavy atom. The molecule has 480 valence electrons. The molecule has 0 aliphatic rings. The quantitative estimate of drug-likeness (QED) is 0.0222. The Labute approximate surface area is 492 Å². The fourth-order valence-corrected chi connectivity index (χ4v) is 10.8. The molecule has 0 heterocycles. The first-order chi connectivity index (χ1) is 38.9. The zero-order valence-corrected chi connectivity index (χ0v) is 53.9. The molecule has 0 saturated heterocycles. The number of carbonyl (C=O) groups is 4. The van der Waals surface area contributed by atoms with Gasteiger partial charge in [-0.25, -0.2) is 9.13 Å². The van der Waals surface area contributed by atoms with E-state index in [9.17, 15) is 43.2 Å². The predicted molar refractivity (Wildman–Crippen MR) is 321 cm³/mol. The number of aliphatic hydroxyl groups excluding tert-OH is 1. The Hall–Kier alpha value is -1.94. The highest BCUT2D eigenvalue weighted by Gasteiger charge is 2.30. The van der Waals surface area contributed by atoms with E-state index in [4.69, 9.17) is 37.0 Å². The van der Waals surface area contributed by atoms with E-state index in [1.165, 1.54) is 103 Å². The summed E-state index contributed by atoms with van der Waals surface area (Å²) in [5, 5.41) is 10.5. The van der Waals surface area contributed by atoms with Crippen LogP contribution in [0.3, 0.4) is 0 Å². The molecule has 0 bridgehead atoms. The van der Waals surface area contributed by atoms with Crippen LogP contribution < -0.4 is 0 Å². The molecule has 81 heavy (non-hydrogen) atoms. The summed E-state index contributed by atoms with van der Waals surface area (Å²) < 4.78 is 67.8. The topological polar surface area (TPSA) is 237 Å². The van der Waals surface area contributed by atoms with Crippen molar-refractivity contribution in [3.05, 3.63) is 0 Å². The molecule has 3 N–H and O–H groups in total. The highest BCUT2D eigenvalue weighted by Crippen LogP contribution is 2.45. The van der Waals surface area contributed by atoms with Crippen LogP contribution in [0, 0.1) is 11.8 Å². The average molecular weight is 1200 g/mol. The second-order valence-electron chi connectivity index (χ2n) is 23.4. The minimum absolute atomic E-state index is 0.101. The van der Waals surface area contributed by atoms with Crippen molar-refractivity contribution in [3.8, 4) is 0 Å². The standard InChI is InChI=1S/C62H120O17P2/c1-7-9-11-13-15-16-17-18-19-20-21-22-26-34-40-46-61(66)78-57(51-73-60(65)45-39-33-27-23-25-30-36-42-54(3)4)52-76-80(68,69)74-48-56(63)49-75-81(70,71)77-53-58(50-72-59(64)44-38-32-24-14-12-10-8-2)79-62(67)47-41-35-29-28-31-37-43-55(5)6/h54-58,63H,7-53H2,1-6H3,(H,68,69)(H,70,71)/t56-,57-,58-/m1/s1. The van der Waals surface area contributed by atoms with Crippen molar-refractivity contribution in [2.45, 2.75) is 323 Å². The first kappa shape index (κ1) is 79.1. The van der Waals surface area contributed by atoms with Gasteiger partial charge >= 0.3 is 39.5 Å². The third-order valence-electron chi connectivity index (χ3n) is 14.2. The lowest BCUT2D eigenvalue weighted by Gasteiger charge is -2.21. The number of phosphoric acid groups is 2. The lowest BCUT2D eigenvalue weighted by molar-refractivity contribution is -0.161. The number of carbonyl (C=O) groups excluding carboxylic acids is 4. The Bertz CT molecular complexity index is 1600. The van der Waals surface area contributed by atoms with E-state index in [2.05, 4.69) is 41.5 Å². The van der Waals surface area contributed by atoms with E-state index >= 15 is 0 Å². The van der Waals surface area contributed by atoms with Gasteiger partial charge in [-0.15, -0.1) is 0 Å². The molecule has 0 saturated carbocycles. The van der Waals surface area contributed by atoms with Gasteiger partial charge in [0.2, 0.25) is 0 Å². The van der Waals surface area contributed by atoms with Crippen LogP contribution in [0.15, 0.2) is 0 Å². The molecule has 0 fully saturated rings. The molecule has 2 unspecified atom stereocenters. The van der Waals surface area contributed by atoms with Crippen LogP contribution in [0.2, 0.25) is 0 Å². The third kappa shape index (κ3) is 56.9. The van der Waals surface area contributed by atoms with Gasteiger partial charge in [0.25, 0.3) is 0 Å². The molecule has 0 spiro atoms. The number of unbranched alkanes of at least 4 members (excludes halogenated alkanes) is 31. The normalized spacial score (nSPS) is 14.4. The van der Waals surface area contributed by atoms with E-state index in [0.29, 0.717) is 37.5 Å². The van der Waals surface area contributed by atoms with Gasteiger partial charge in [0, 0.05) is 25.7 Å². The smallest absolute Gasteiger partial charge is 0.462 e. The van der Waals surface area contributed by atoms with Gasteiger partial charge < -0.3 is 33.8 Å². The summed E-state index contributed by atoms with van der Waals surface area (Å²) in [6.45, 7) is 9.29. The van der Waals surface area contributed by atoms with Crippen molar-refractivity contribution in [1.82, 2.24) is 0 Å². The lowest BCUT2D eigenvalue weighted by Crippen LogP contribution is -2.30. The molecule has 0 aromatic carbocycles. The number of rotatable bonds is 61. The number of ether oxygens (including phenoxy) is 4. The van der Waals surface area contributed by atoms with Gasteiger partial charge in [-0.3, -0.25) is 37.3 Å². The number of hydrogen-bond donors (Lipinski definition) is 3. The molecule has 0 amide bonds. The largest absolute Gasteiger partial charge is 0.472 e. The summed E-state index contributed by atoms with van der Waals surface area (Å²) in [7, 11) is -9.88. The first-order valence-electron chi connectivity index (χ1n) is 32.5. The monoisotopic (exact) mass is 1200 g/mol. The second-order valence-corrected chi connectivity index (χ2v) is 26.3. The number of phosphoric ester groups is 2. The molecule has 0 aliphatic heterocycles. The van der Waals surface area contributed by atoms with Crippen LogP contribution in [0.4, 0.5) is 0 Å². The number of aliphatic hydroxyl groups is 1. The maximum Gasteiger partial charge on any atom is 0.472 e. The maximum absolute atomic E-state index is 13.0. The Kier molecular flexibility index (Phi) is 53.4. The van der Waals surface area contributed by atoms with Crippen molar-refractivity contribution >= 4 is 39.5 Å². The Morgan fingerprint density at radius 3 is 0.840 bits per heavy atom. The minimum Gasteiger partial charge on any atom is -0.462 e. The third-order valence-corrected chi connectivity index (χ3v) is 16.1. The van der Waals surface area contributed by atoms with Crippen molar-refractivity contribution in [3.63, 3.8) is 0 Å². The van der Waals surface area contributed by atoms with Crippen LogP contribution in [0.5, 0.6) is 0 Å². The van der Waals surface area contributed by atoms with Crippen molar-refractivity contribution < 1.29 is 80.2 Å². The SMILES string of the molecule is CCCCCCCCCCCCCCCCCC(=O)O[C@H](COC(=O)CCCCCCCCCC(C)C)COP(=O)(O)OC[C@@H](O)COP(=O)(O)OC[C@@H](COC(=O)CCCCCCCCC)OC(=O)CCCCCCCCC(C)C. The van der Waals surface area contributed by atoms with Crippen LogP contribution >= 0.6 is 15.6 Å². The number of hydrogen-bond acceptors (Lipinski definition) is 15. The summed E-state index contributed by atoms with van der Waals surface area (Å²) in [6, 6.07) is 0. The van der Waals surface area contributed by atoms with Gasteiger partial charge in [-0.1, -0.05) is 253 Å². The van der Waals surface area contributed by atoms with E-state index in [1.54, 1.807) is 0 Å². The molecular weight excluding hydrogens is 1080 g/mol. The number of esters is 4. The molecule has 19 heteroatoms. The summed E-state index contributed by atoms with van der Waals surface area (Å²) in [4.78, 5) is 71.9. The van der Waals surface area contributed by atoms with Crippen molar-refractivity contribution in [2.24, 2.45) is 11.8 Å². The maximum atomic E-state index is 13.0. The first-order valence-corrected chi connectivity index (χ1v) is 35.5. The highest BCUT2D eigenvalue weighted by atomic mass is 31.2. The van der Waals surface area contributed by atoms with E-state index < -0.39 is 97.5 Å². The highest BCUT2D eigenvalue weighted by molar-refractivity contribution is 7.47. The average Bonchev–Trinajstić information content (AvgIpc) is 3.42. The summed E-state index contributed by atoms with van der Waals surface area (Å²) in [5.41, 5.74) is 0. The summed E-state index contributed by atoms with van der Waals surface area (Å²) in [6.07, 6.45) is 36.6. The fraction of sp³-hybridized carbons (Fsp3) is 0.935. The van der Waals surface area contributed by atoms with Gasteiger partial charge in [0.15, 0.2) is 12.2 Å². The Balaban J connectivity index is 5.20. The molecule has 0 radical (unpaired) electrons. The van der Waals surface area contributed by atoms with Crippen LogP contribution in [0.1, 0.15) is 305 Å². The van der Waals surface area contributed by atoms with Gasteiger partial charge in [0.05, 0.1) is 26.4 Å². The molecule has 5 atom stereocenters. The lowest BCUT2D eigenvalue weighted by atomic mass is 10.0. The molecule has 0 rings (SSSR count). The van der Waals surface area contributed by atoms with Gasteiger partial charge in [0.1, 0.15) is 19.3 Å². The zero-order valence-electron chi connectivity index (χ0n) is 52.1. The molecule has 17 nitrogen and oxygen atoms in total. The molecule has 0 aromatic rings. The molecule has 0 aliphatic carbocycles. The second kappa shape index (κ2) is 54.7. The van der Waals surface area contributed by atoms with Crippen molar-refractivity contribution in [1.29, 1.82) is 0 Å².